The minimum absolute atomic E-state index is 0.110. The summed E-state index contributed by atoms with van der Waals surface area (Å²) < 4.78 is 18.8. The molecule has 3 aromatic rings. The molecule has 0 unspecified atom stereocenters. The number of nitrogens with one attached hydrogen (secondary N) is 1. The van der Waals surface area contributed by atoms with E-state index in [0.717, 1.165) is 18.2 Å². The number of benzene rings is 2. The molecule has 1 aromatic heterocycles. The predicted octanol–water partition coefficient (Wildman–Crippen LogP) is 3.55. The second-order valence-electron chi connectivity index (χ2n) is 6.53. The van der Waals surface area contributed by atoms with Crippen molar-refractivity contribution in [3.63, 3.8) is 0 Å². The highest BCUT2D eigenvalue weighted by Gasteiger charge is 2.31. The molecule has 0 spiro atoms. The van der Waals surface area contributed by atoms with Gasteiger partial charge in [-0.2, -0.15) is 0 Å². The molecular formula is C21H17FN2O3. The van der Waals surface area contributed by atoms with Gasteiger partial charge in [-0.1, -0.05) is 36.4 Å². The number of nitrogens with zero attached hydrogens (tertiary/aromatic N) is 1. The Balaban J connectivity index is 1.64. The standard InChI is InChI=1S/C21H17FN2O3/c22-15-7-5-13(6-8-15)19(20(25)24-16-9-10-16)27-21(26)18-12-23-11-14-3-1-2-4-17(14)18/h1-8,11-12,16,19H,9-10H2,(H,24,25)/t19-/m1/s1. The van der Waals surface area contributed by atoms with Crippen molar-refractivity contribution in [2.24, 2.45) is 0 Å². The van der Waals surface area contributed by atoms with Gasteiger partial charge in [-0.25, -0.2) is 9.18 Å². The molecule has 136 valence electrons. The molecule has 1 heterocycles. The van der Waals surface area contributed by atoms with E-state index in [1.54, 1.807) is 12.3 Å². The van der Waals surface area contributed by atoms with Crippen molar-refractivity contribution in [3.05, 3.63) is 77.9 Å². The van der Waals surface area contributed by atoms with Crippen molar-refractivity contribution in [1.82, 2.24) is 10.3 Å². The molecule has 1 fully saturated rings. The molecule has 27 heavy (non-hydrogen) atoms. The molecule has 1 N–H and O–H groups in total. The van der Waals surface area contributed by atoms with Gasteiger partial charge in [-0.3, -0.25) is 9.78 Å². The minimum Gasteiger partial charge on any atom is -0.444 e. The zero-order chi connectivity index (χ0) is 18.8. The summed E-state index contributed by atoms with van der Waals surface area (Å²) in [6.45, 7) is 0. The molecule has 0 saturated heterocycles. The van der Waals surface area contributed by atoms with E-state index < -0.39 is 23.8 Å². The fourth-order valence-electron chi connectivity index (χ4n) is 2.86. The van der Waals surface area contributed by atoms with E-state index in [1.165, 1.54) is 30.5 Å². The highest BCUT2D eigenvalue weighted by molar-refractivity contribution is 6.04. The first-order chi connectivity index (χ1) is 13.1. The molecule has 1 amide bonds. The van der Waals surface area contributed by atoms with Crippen LogP contribution in [0.1, 0.15) is 34.9 Å². The van der Waals surface area contributed by atoms with Gasteiger partial charge in [0, 0.05) is 29.4 Å². The summed E-state index contributed by atoms with van der Waals surface area (Å²) in [5.74, 6) is -1.49. The summed E-state index contributed by atoms with van der Waals surface area (Å²) in [6.07, 6.45) is 3.73. The molecule has 0 radical (unpaired) electrons. The van der Waals surface area contributed by atoms with Crippen molar-refractivity contribution in [2.75, 3.05) is 0 Å². The summed E-state index contributed by atoms with van der Waals surface area (Å²) in [6, 6.07) is 12.8. The van der Waals surface area contributed by atoms with Crippen LogP contribution in [0.2, 0.25) is 0 Å². The Morgan fingerprint density at radius 3 is 2.56 bits per heavy atom. The molecule has 0 bridgehead atoms. The molecule has 4 rings (SSSR count). The summed E-state index contributed by atoms with van der Waals surface area (Å²) in [7, 11) is 0. The topological polar surface area (TPSA) is 68.3 Å². The van der Waals surface area contributed by atoms with Crippen LogP contribution in [0.25, 0.3) is 10.8 Å². The number of hydrogen-bond acceptors (Lipinski definition) is 4. The quantitative estimate of drug-likeness (QED) is 0.703. The average Bonchev–Trinajstić information content (AvgIpc) is 3.50. The van der Waals surface area contributed by atoms with Gasteiger partial charge in [-0.15, -0.1) is 0 Å². The second-order valence-corrected chi connectivity index (χ2v) is 6.53. The number of esters is 1. The van der Waals surface area contributed by atoms with Gasteiger partial charge >= 0.3 is 5.97 Å². The number of hydrogen-bond donors (Lipinski definition) is 1. The van der Waals surface area contributed by atoms with E-state index in [4.69, 9.17) is 4.74 Å². The molecule has 1 aliphatic carbocycles. The number of fused-ring (bicyclic) bond motifs is 1. The summed E-state index contributed by atoms with van der Waals surface area (Å²) in [5.41, 5.74) is 0.690. The molecular weight excluding hydrogens is 347 g/mol. The first-order valence-corrected chi connectivity index (χ1v) is 8.71. The van der Waals surface area contributed by atoms with Crippen LogP contribution < -0.4 is 5.32 Å². The lowest BCUT2D eigenvalue weighted by molar-refractivity contribution is -0.130. The molecule has 1 aliphatic rings. The maximum atomic E-state index is 13.3. The Morgan fingerprint density at radius 2 is 1.81 bits per heavy atom. The maximum absolute atomic E-state index is 13.3. The third-order valence-corrected chi connectivity index (χ3v) is 4.45. The van der Waals surface area contributed by atoms with Crippen LogP contribution >= 0.6 is 0 Å². The number of aromatic nitrogens is 1. The van der Waals surface area contributed by atoms with Crippen molar-refractivity contribution in [1.29, 1.82) is 0 Å². The third kappa shape index (κ3) is 3.79. The highest BCUT2D eigenvalue weighted by Crippen LogP contribution is 2.26. The predicted molar refractivity (Wildman–Crippen MR) is 97.5 cm³/mol. The van der Waals surface area contributed by atoms with Crippen LogP contribution in [-0.2, 0) is 9.53 Å². The van der Waals surface area contributed by atoms with E-state index >= 15 is 0 Å². The van der Waals surface area contributed by atoms with Crippen molar-refractivity contribution in [3.8, 4) is 0 Å². The smallest absolute Gasteiger partial charge is 0.341 e. The lowest BCUT2D eigenvalue weighted by atomic mass is 10.1. The molecule has 1 atom stereocenters. The lowest BCUT2D eigenvalue weighted by Crippen LogP contribution is -2.33. The van der Waals surface area contributed by atoms with Crippen LogP contribution in [0.5, 0.6) is 0 Å². The van der Waals surface area contributed by atoms with Gasteiger partial charge in [0.2, 0.25) is 6.10 Å². The molecule has 1 saturated carbocycles. The van der Waals surface area contributed by atoms with Crippen LogP contribution in [-0.4, -0.2) is 22.9 Å². The van der Waals surface area contributed by atoms with Gasteiger partial charge in [-0.05, 0) is 30.4 Å². The van der Waals surface area contributed by atoms with Gasteiger partial charge < -0.3 is 10.1 Å². The maximum Gasteiger partial charge on any atom is 0.341 e. The number of pyridine rings is 1. The molecule has 2 aromatic carbocycles. The zero-order valence-corrected chi connectivity index (χ0v) is 14.4. The number of rotatable bonds is 5. The normalized spacial score (nSPS) is 14.6. The second kappa shape index (κ2) is 7.15. The summed E-state index contributed by atoms with van der Waals surface area (Å²) in [5, 5.41) is 4.33. The van der Waals surface area contributed by atoms with Crippen molar-refractivity contribution < 1.29 is 18.7 Å². The van der Waals surface area contributed by atoms with Gasteiger partial charge in [0.15, 0.2) is 0 Å². The van der Waals surface area contributed by atoms with E-state index in [9.17, 15) is 14.0 Å². The minimum atomic E-state index is -1.15. The largest absolute Gasteiger partial charge is 0.444 e. The first kappa shape index (κ1) is 17.1. The molecule has 0 aliphatic heterocycles. The van der Waals surface area contributed by atoms with Crippen molar-refractivity contribution >= 4 is 22.6 Å². The Kier molecular flexibility index (Phi) is 4.54. The summed E-state index contributed by atoms with van der Waals surface area (Å²) >= 11 is 0. The number of carbonyl (C=O) groups is 2. The number of halogens is 1. The molecule has 6 heteroatoms. The number of amides is 1. The van der Waals surface area contributed by atoms with Crippen LogP contribution in [0, 0.1) is 5.82 Å². The Morgan fingerprint density at radius 1 is 1.07 bits per heavy atom. The van der Waals surface area contributed by atoms with E-state index in [2.05, 4.69) is 10.3 Å². The van der Waals surface area contributed by atoms with Crippen LogP contribution in [0.3, 0.4) is 0 Å². The lowest BCUT2D eigenvalue weighted by Gasteiger charge is -2.18. The third-order valence-electron chi connectivity index (χ3n) is 4.45. The Bertz CT molecular complexity index is 994. The fourth-order valence-corrected chi connectivity index (χ4v) is 2.86. The number of carbonyl (C=O) groups excluding carboxylic acids is 2. The monoisotopic (exact) mass is 364 g/mol. The summed E-state index contributed by atoms with van der Waals surface area (Å²) in [4.78, 5) is 29.5. The van der Waals surface area contributed by atoms with Gasteiger partial charge in [0.05, 0.1) is 5.56 Å². The first-order valence-electron chi connectivity index (χ1n) is 8.71. The van der Waals surface area contributed by atoms with Gasteiger partial charge in [0.1, 0.15) is 5.82 Å². The Hall–Kier alpha value is -3.28. The van der Waals surface area contributed by atoms with Gasteiger partial charge in [0.25, 0.3) is 5.91 Å². The van der Waals surface area contributed by atoms with Crippen molar-refractivity contribution in [2.45, 2.75) is 25.0 Å². The van der Waals surface area contributed by atoms with E-state index in [1.807, 2.05) is 18.2 Å². The van der Waals surface area contributed by atoms with Crippen LogP contribution in [0.15, 0.2) is 60.9 Å². The fraction of sp³-hybridized carbons (Fsp3) is 0.190. The van der Waals surface area contributed by atoms with E-state index in [0.29, 0.717) is 10.9 Å². The highest BCUT2D eigenvalue weighted by atomic mass is 19.1. The Labute approximate surface area is 155 Å². The SMILES string of the molecule is O=C(O[C@@H](C(=O)NC1CC1)c1ccc(F)cc1)c1cncc2ccccc12. The van der Waals surface area contributed by atoms with E-state index in [-0.39, 0.29) is 11.6 Å². The molecule has 5 nitrogen and oxygen atoms in total. The average molecular weight is 364 g/mol. The number of ether oxygens (including phenoxy) is 1. The van der Waals surface area contributed by atoms with Crippen LogP contribution in [0.4, 0.5) is 4.39 Å². The zero-order valence-electron chi connectivity index (χ0n) is 14.4.